The maximum Gasteiger partial charge on any atom is 0.161 e. The molecule has 3 aromatic rings. The monoisotopic (exact) mass is 281 g/mol. The lowest BCUT2D eigenvalue weighted by molar-refractivity contribution is 0.545. The smallest absolute Gasteiger partial charge is 0.161 e. The Hall–Kier alpha value is -2.27. The summed E-state index contributed by atoms with van der Waals surface area (Å²) in [7, 11) is 1.90. The highest BCUT2D eigenvalue weighted by atomic mass is 15.3. The van der Waals surface area contributed by atoms with E-state index in [0.29, 0.717) is 0 Å². The summed E-state index contributed by atoms with van der Waals surface area (Å²) in [6.07, 6.45) is 4.29. The van der Waals surface area contributed by atoms with Crippen molar-refractivity contribution in [3.8, 4) is 0 Å². The zero-order valence-corrected chi connectivity index (χ0v) is 12.3. The second kappa shape index (κ2) is 6.01. The van der Waals surface area contributed by atoms with Crippen molar-refractivity contribution in [3.63, 3.8) is 0 Å². The fourth-order valence-corrected chi connectivity index (χ4v) is 2.61. The number of aryl methyl sites for hydroxylation is 1. The van der Waals surface area contributed by atoms with Crippen LogP contribution in [0, 0.1) is 0 Å². The average Bonchev–Trinajstić information content (AvgIpc) is 2.90. The third kappa shape index (κ3) is 2.78. The predicted octanol–water partition coefficient (Wildman–Crippen LogP) is 2.26. The fraction of sp³-hybridized carbons (Fsp3) is 0.312. The van der Waals surface area contributed by atoms with Gasteiger partial charge in [-0.1, -0.05) is 37.3 Å². The Kier molecular flexibility index (Phi) is 3.92. The van der Waals surface area contributed by atoms with Gasteiger partial charge in [0, 0.05) is 19.5 Å². The van der Waals surface area contributed by atoms with Gasteiger partial charge in [-0.3, -0.25) is 4.68 Å². The van der Waals surface area contributed by atoms with Crippen molar-refractivity contribution in [1.29, 1.82) is 0 Å². The van der Waals surface area contributed by atoms with Gasteiger partial charge in [0.2, 0.25) is 0 Å². The van der Waals surface area contributed by atoms with Gasteiger partial charge in [-0.15, -0.1) is 0 Å². The van der Waals surface area contributed by atoms with Crippen LogP contribution in [0.25, 0.3) is 11.0 Å². The molecular formula is C16H19N5. The normalized spacial score (nSPS) is 12.7. The third-order valence-corrected chi connectivity index (χ3v) is 3.66. The Morgan fingerprint density at radius 3 is 2.76 bits per heavy atom. The van der Waals surface area contributed by atoms with Gasteiger partial charge in [0.1, 0.15) is 6.33 Å². The van der Waals surface area contributed by atoms with E-state index < -0.39 is 0 Å². The first-order chi connectivity index (χ1) is 10.3. The van der Waals surface area contributed by atoms with Crippen LogP contribution < -0.4 is 5.32 Å². The molecule has 1 aromatic carbocycles. The lowest BCUT2D eigenvalue weighted by Gasteiger charge is -2.18. The van der Waals surface area contributed by atoms with Crippen LogP contribution in [0.5, 0.6) is 0 Å². The molecule has 0 bridgehead atoms. The van der Waals surface area contributed by atoms with Crippen LogP contribution in [0.2, 0.25) is 0 Å². The van der Waals surface area contributed by atoms with Gasteiger partial charge in [0.25, 0.3) is 0 Å². The second-order valence-electron chi connectivity index (χ2n) is 5.05. The summed E-state index contributed by atoms with van der Waals surface area (Å²) in [5, 5.41) is 8.83. The molecule has 2 heterocycles. The van der Waals surface area contributed by atoms with Gasteiger partial charge < -0.3 is 5.32 Å². The fourth-order valence-electron chi connectivity index (χ4n) is 2.61. The number of hydrogen-bond acceptors (Lipinski definition) is 4. The first-order valence-electron chi connectivity index (χ1n) is 7.19. The molecular weight excluding hydrogens is 262 g/mol. The molecule has 3 rings (SSSR count). The molecule has 5 nitrogen and oxygen atoms in total. The van der Waals surface area contributed by atoms with Crippen molar-refractivity contribution in [1.82, 2.24) is 25.1 Å². The van der Waals surface area contributed by atoms with Gasteiger partial charge in [0.05, 0.1) is 17.3 Å². The number of hydrogen-bond donors (Lipinski definition) is 1. The zero-order chi connectivity index (χ0) is 14.7. The van der Waals surface area contributed by atoms with Crippen molar-refractivity contribution in [2.75, 3.05) is 6.54 Å². The number of benzene rings is 1. The van der Waals surface area contributed by atoms with E-state index in [2.05, 4.69) is 51.6 Å². The topological polar surface area (TPSA) is 55.6 Å². The number of aromatic nitrogens is 4. The molecule has 0 saturated heterocycles. The number of fused-ring (bicyclic) bond motifs is 1. The van der Waals surface area contributed by atoms with E-state index >= 15 is 0 Å². The molecule has 21 heavy (non-hydrogen) atoms. The molecule has 0 aliphatic heterocycles. The second-order valence-corrected chi connectivity index (χ2v) is 5.05. The van der Waals surface area contributed by atoms with E-state index in [0.717, 1.165) is 29.7 Å². The molecule has 1 atom stereocenters. The largest absolute Gasteiger partial charge is 0.310 e. The lowest BCUT2D eigenvalue weighted by atomic mass is 10.0. The maximum absolute atomic E-state index is 4.46. The molecule has 0 aliphatic carbocycles. The average molecular weight is 281 g/mol. The van der Waals surface area contributed by atoms with Gasteiger partial charge in [-0.2, -0.15) is 5.10 Å². The molecule has 0 aliphatic rings. The van der Waals surface area contributed by atoms with Crippen LogP contribution in [0.4, 0.5) is 0 Å². The molecule has 0 fully saturated rings. The van der Waals surface area contributed by atoms with Crippen LogP contribution in [-0.4, -0.2) is 26.3 Å². The molecule has 0 saturated carbocycles. The highest BCUT2D eigenvalue weighted by Gasteiger charge is 2.15. The minimum atomic E-state index is 0.245. The van der Waals surface area contributed by atoms with Crippen LogP contribution in [0.3, 0.4) is 0 Å². The lowest BCUT2D eigenvalue weighted by Crippen LogP contribution is -2.23. The molecule has 5 heteroatoms. The van der Waals surface area contributed by atoms with Gasteiger partial charge in [0.15, 0.2) is 5.65 Å². The van der Waals surface area contributed by atoms with Gasteiger partial charge >= 0.3 is 0 Å². The minimum Gasteiger partial charge on any atom is -0.310 e. The van der Waals surface area contributed by atoms with E-state index in [1.54, 1.807) is 11.0 Å². The first-order valence-corrected chi connectivity index (χ1v) is 7.19. The molecule has 0 amide bonds. The van der Waals surface area contributed by atoms with E-state index in [1.165, 1.54) is 5.56 Å². The summed E-state index contributed by atoms with van der Waals surface area (Å²) in [5.41, 5.74) is 3.18. The first kappa shape index (κ1) is 13.7. The van der Waals surface area contributed by atoms with E-state index in [1.807, 2.05) is 19.3 Å². The molecule has 1 N–H and O–H groups in total. The maximum atomic E-state index is 4.46. The molecule has 0 radical (unpaired) electrons. The number of rotatable bonds is 5. The van der Waals surface area contributed by atoms with Crippen LogP contribution in [-0.2, 0) is 13.5 Å². The van der Waals surface area contributed by atoms with Crippen molar-refractivity contribution in [2.45, 2.75) is 19.4 Å². The summed E-state index contributed by atoms with van der Waals surface area (Å²) in [4.78, 5) is 8.76. The Balaban J connectivity index is 1.95. The Morgan fingerprint density at radius 1 is 1.19 bits per heavy atom. The van der Waals surface area contributed by atoms with Crippen LogP contribution in [0.15, 0.2) is 42.9 Å². The molecule has 0 spiro atoms. The third-order valence-electron chi connectivity index (χ3n) is 3.66. The van der Waals surface area contributed by atoms with Crippen molar-refractivity contribution in [3.05, 3.63) is 54.1 Å². The van der Waals surface area contributed by atoms with E-state index in [9.17, 15) is 0 Å². The summed E-state index contributed by atoms with van der Waals surface area (Å²) in [6.45, 7) is 3.04. The number of likely N-dealkylation sites (N-methyl/N-ethyl adjacent to an activating group) is 1. The number of nitrogens with one attached hydrogen (secondary N) is 1. The Morgan fingerprint density at radius 2 is 2.00 bits per heavy atom. The highest BCUT2D eigenvalue weighted by molar-refractivity contribution is 5.76. The molecule has 108 valence electrons. The minimum absolute atomic E-state index is 0.245. The number of nitrogens with zero attached hydrogens (tertiary/aromatic N) is 4. The quantitative estimate of drug-likeness (QED) is 0.779. The zero-order valence-electron chi connectivity index (χ0n) is 12.3. The van der Waals surface area contributed by atoms with Gasteiger partial charge in [-0.25, -0.2) is 9.97 Å². The molecule has 2 aromatic heterocycles. The van der Waals surface area contributed by atoms with Crippen LogP contribution in [0.1, 0.15) is 24.2 Å². The molecule has 1 unspecified atom stereocenters. The van der Waals surface area contributed by atoms with Crippen LogP contribution >= 0.6 is 0 Å². The summed E-state index contributed by atoms with van der Waals surface area (Å²) < 4.78 is 1.78. The van der Waals surface area contributed by atoms with Gasteiger partial charge in [-0.05, 0) is 12.1 Å². The van der Waals surface area contributed by atoms with Crippen molar-refractivity contribution < 1.29 is 0 Å². The standard InChI is InChI=1S/C16H19N5/c1-3-17-14(12-7-5-4-6-8-12)9-15-13-10-20-21(2)16(13)19-11-18-15/h4-8,10-11,14,17H,3,9H2,1-2H3. The highest BCUT2D eigenvalue weighted by Crippen LogP contribution is 2.21. The predicted molar refractivity (Wildman–Crippen MR) is 82.9 cm³/mol. The van der Waals surface area contributed by atoms with E-state index in [4.69, 9.17) is 0 Å². The summed E-state index contributed by atoms with van der Waals surface area (Å²) in [5.74, 6) is 0. The summed E-state index contributed by atoms with van der Waals surface area (Å²) >= 11 is 0. The van der Waals surface area contributed by atoms with E-state index in [-0.39, 0.29) is 6.04 Å². The SMILES string of the molecule is CCNC(Cc1ncnc2c1cnn2C)c1ccccc1. The Labute approximate surface area is 124 Å². The summed E-state index contributed by atoms with van der Waals surface area (Å²) in [6, 6.07) is 10.7. The van der Waals surface area contributed by atoms with Crippen molar-refractivity contribution >= 4 is 11.0 Å². The van der Waals surface area contributed by atoms with Crippen molar-refractivity contribution in [2.24, 2.45) is 7.05 Å². The Bertz CT molecular complexity index is 720.